The molecule has 0 bridgehead atoms. The van der Waals surface area contributed by atoms with Crippen molar-refractivity contribution in [2.45, 2.75) is 13.3 Å². The Kier molecular flexibility index (Phi) is 148. The minimum atomic E-state index is -3.67. The normalized spacial score (nSPS) is 5.86. The van der Waals surface area contributed by atoms with Gasteiger partial charge in [0.25, 0.3) is 10.1 Å². The van der Waals surface area contributed by atoms with Crippen LogP contribution in [0.25, 0.3) is 0 Å². The molecule has 0 atom stereocenters. The monoisotopic (exact) mass is 264 g/mol. The molecule has 100 valence electrons. The van der Waals surface area contributed by atoms with Gasteiger partial charge in [0.05, 0.1) is 5.75 Å². The van der Waals surface area contributed by atoms with E-state index in [2.05, 4.69) is 0 Å². The number of halogens is 7. The van der Waals surface area contributed by atoms with E-state index >= 15 is 0 Å². The van der Waals surface area contributed by atoms with Gasteiger partial charge in [0.1, 0.15) is 0 Å². The first kappa shape index (κ1) is 70.5. The summed E-state index contributed by atoms with van der Waals surface area (Å²) in [5.41, 5.74) is 0. The van der Waals surface area contributed by atoms with E-state index in [4.69, 9.17) is 4.55 Å². The van der Waals surface area contributed by atoms with Gasteiger partial charge in [-0.3, -0.25) is 37.5 Å². The minimum absolute atomic E-state index is 0. The zero-order valence-electron chi connectivity index (χ0n) is 6.94. The van der Waals surface area contributed by atoms with Gasteiger partial charge < -0.3 is 0 Å². The van der Waals surface area contributed by atoms with E-state index in [1.807, 2.05) is 0 Å². The van der Waals surface area contributed by atoms with Gasteiger partial charge >= 0.3 is 0 Å². The zero-order chi connectivity index (χ0) is 5.91. The lowest BCUT2D eigenvalue weighted by molar-refractivity contribution is 0.482. The SMILES string of the molecule is CCCS(=O)(=O)O.F.F.F.F.F.F.F. The Morgan fingerprint density at radius 3 is 1.07 bits per heavy atom. The van der Waals surface area contributed by atoms with Crippen LogP contribution in [0.1, 0.15) is 13.3 Å². The highest BCUT2D eigenvalue weighted by molar-refractivity contribution is 7.85. The van der Waals surface area contributed by atoms with E-state index < -0.39 is 10.1 Å². The van der Waals surface area contributed by atoms with Gasteiger partial charge in [0, 0.05) is 0 Å². The van der Waals surface area contributed by atoms with Crippen molar-refractivity contribution in [1.82, 2.24) is 0 Å². The maximum absolute atomic E-state index is 9.79. The highest BCUT2D eigenvalue weighted by Gasteiger charge is 1.98. The molecule has 3 nitrogen and oxygen atoms in total. The topological polar surface area (TPSA) is 54.4 Å². The van der Waals surface area contributed by atoms with Crippen LogP contribution in [0.4, 0.5) is 32.9 Å². The first-order valence-electron chi connectivity index (χ1n) is 2.01. The fourth-order valence-electron chi connectivity index (χ4n) is 0.258. The fraction of sp³-hybridized carbons (Fsp3) is 1.00. The van der Waals surface area contributed by atoms with Crippen molar-refractivity contribution in [3.05, 3.63) is 0 Å². The Morgan fingerprint density at radius 2 is 1.07 bits per heavy atom. The molecule has 0 rings (SSSR count). The molecule has 14 heavy (non-hydrogen) atoms. The molecule has 0 unspecified atom stereocenters. The van der Waals surface area contributed by atoms with Crippen molar-refractivity contribution in [1.29, 1.82) is 0 Å². The highest BCUT2D eigenvalue weighted by Crippen LogP contribution is 1.83. The highest BCUT2D eigenvalue weighted by atomic mass is 32.2. The van der Waals surface area contributed by atoms with Crippen molar-refractivity contribution in [2.24, 2.45) is 0 Å². The Morgan fingerprint density at radius 1 is 0.857 bits per heavy atom. The lowest BCUT2D eigenvalue weighted by Gasteiger charge is -1.85. The van der Waals surface area contributed by atoms with Crippen LogP contribution in [0.15, 0.2) is 0 Å². The lowest BCUT2D eigenvalue weighted by atomic mass is 10.6. The second-order valence-corrected chi connectivity index (χ2v) is 2.86. The van der Waals surface area contributed by atoms with Crippen LogP contribution in [-0.4, -0.2) is 18.7 Å². The van der Waals surface area contributed by atoms with Gasteiger partial charge in [-0.2, -0.15) is 8.42 Å². The van der Waals surface area contributed by atoms with Crippen LogP contribution in [0.3, 0.4) is 0 Å². The van der Waals surface area contributed by atoms with Crippen LogP contribution in [-0.2, 0) is 10.1 Å². The molecule has 0 aliphatic carbocycles. The predicted octanol–water partition coefficient (Wildman–Crippen LogP) is 1.35. The van der Waals surface area contributed by atoms with Gasteiger partial charge in [0.15, 0.2) is 0 Å². The maximum atomic E-state index is 9.79. The van der Waals surface area contributed by atoms with Gasteiger partial charge in [-0.1, -0.05) is 6.92 Å². The maximum Gasteiger partial charge on any atom is 0.264 e. The number of rotatable bonds is 2. The third kappa shape index (κ3) is 106. The van der Waals surface area contributed by atoms with Crippen molar-refractivity contribution in [3.63, 3.8) is 0 Å². The standard InChI is InChI=1S/C3H8O3S.7FH/c1-2-3-7(4,5)6;;;;;;;/h2-3H2,1H3,(H,4,5,6);7*1H. The minimum Gasteiger partial charge on any atom is -0.286 e. The van der Waals surface area contributed by atoms with Crippen LogP contribution < -0.4 is 0 Å². The molecule has 1 N–H and O–H groups in total. The molecule has 0 heterocycles. The summed E-state index contributed by atoms with van der Waals surface area (Å²) in [6.45, 7) is 1.69. The van der Waals surface area contributed by atoms with Crippen molar-refractivity contribution in [3.8, 4) is 0 Å². The van der Waals surface area contributed by atoms with E-state index in [9.17, 15) is 8.42 Å². The summed E-state index contributed by atoms with van der Waals surface area (Å²) in [6, 6.07) is 0. The average molecular weight is 264 g/mol. The summed E-state index contributed by atoms with van der Waals surface area (Å²) < 4.78 is 27.6. The van der Waals surface area contributed by atoms with Gasteiger partial charge in [-0.25, -0.2) is 0 Å². The molecule has 0 aliphatic rings. The Labute approximate surface area is 76.2 Å². The molecular formula is C3H15F7O3S. The largest absolute Gasteiger partial charge is 0.286 e. The second kappa shape index (κ2) is 29.4. The summed E-state index contributed by atoms with van der Waals surface area (Å²) >= 11 is 0. The third-order valence-corrected chi connectivity index (χ3v) is 1.39. The molecule has 0 aromatic heterocycles. The first-order chi connectivity index (χ1) is 3.06. The molecule has 0 aromatic carbocycles. The predicted molar refractivity (Wildman–Crippen MR) is 44.2 cm³/mol. The second-order valence-electron chi connectivity index (χ2n) is 1.29. The van der Waals surface area contributed by atoms with E-state index in [0.717, 1.165) is 0 Å². The van der Waals surface area contributed by atoms with Gasteiger partial charge in [-0.05, 0) is 6.42 Å². The quantitative estimate of drug-likeness (QED) is 0.605. The molecule has 0 amide bonds. The molecule has 0 saturated heterocycles. The molecular weight excluding hydrogens is 249 g/mol. The van der Waals surface area contributed by atoms with Gasteiger partial charge in [0.2, 0.25) is 0 Å². The first-order valence-corrected chi connectivity index (χ1v) is 3.62. The molecule has 11 heteroatoms. The van der Waals surface area contributed by atoms with Crippen LogP contribution >= 0.6 is 0 Å². The summed E-state index contributed by atoms with van der Waals surface area (Å²) in [5, 5.41) is 0. The number of hydrogen-bond acceptors (Lipinski definition) is 2. The Bertz CT molecular complexity index is 137. The Balaban J connectivity index is -0.00000000857. The van der Waals surface area contributed by atoms with Gasteiger partial charge in [-0.15, -0.1) is 0 Å². The molecule has 0 fully saturated rings. The van der Waals surface area contributed by atoms with E-state index in [0.29, 0.717) is 6.42 Å². The summed E-state index contributed by atoms with van der Waals surface area (Å²) in [7, 11) is -3.67. The summed E-state index contributed by atoms with van der Waals surface area (Å²) in [6.07, 6.45) is 0.471. The van der Waals surface area contributed by atoms with Crippen molar-refractivity contribution in [2.75, 3.05) is 5.75 Å². The van der Waals surface area contributed by atoms with Crippen molar-refractivity contribution < 1.29 is 45.9 Å². The van der Waals surface area contributed by atoms with Crippen LogP contribution in [0.2, 0.25) is 0 Å². The average Bonchev–Trinajstić information content (AvgIpc) is 1.30. The summed E-state index contributed by atoms with van der Waals surface area (Å²) in [4.78, 5) is 0. The smallest absolute Gasteiger partial charge is 0.264 e. The van der Waals surface area contributed by atoms with E-state index in [1.54, 1.807) is 6.92 Å². The lowest BCUT2D eigenvalue weighted by Crippen LogP contribution is -2.01. The number of hydrogen-bond donors (Lipinski definition) is 1. The Hall–Kier alpha value is -0.580. The molecule has 0 aliphatic heterocycles. The molecule has 0 aromatic rings. The van der Waals surface area contributed by atoms with E-state index in [1.165, 1.54) is 0 Å². The summed E-state index contributed by atoms with van der Waals surface area (Å²) in [5.74, 6) is -0.132. The van der Waals surface area contributed by atoms with Crippen LogP contribution in [0, 0.1) is 0 Å². The molecule has 0 spiro atoms. The van der Waals surface area contributed by atoms with Crippen molar-refractivity contribution >= 4 is 10.1 Å². The third-order valence-electron chi connectivity index (χ3n) is 0.462. The van der Waals surface area contributed by atoms with Crippen LogP contribution in [0.5, 0.6) is 0 Å². The molecule has 0 radical (unpaired) electrons. The fourth-order valence-corrected chi connectivity index (χ4v) is 0.774. The molecule has 0 saturated carbocycles. The van der Waals surface area contributed by atoms with E-state index in [-0.39, 0.29) is 38.7 Å². The zero-order valence-corrected chi connectivity index (χ0v) is 7.76.